The molecule has 10 heteroatoms. The molecule has 196 valence electrons. The molecule has 1 heterocycles. The fourth-order valence-corrected chi connectivity index (χ4v) is 3.72. The zero-order valence-corrected chi connectivity index (χ0v) is 20.7. The Labute approximate surface area is 222 Å². The number of hydrogen-bond acceptors (Lipinski definition) is 6. The lowest BCUT2D eigenvalue weighted by Gasteiger charge is -2.14. The van der Waals surface area contributed by atoms with Crippen molar-refractivity contribution in [3.05, 3.63) is 108 Å². The van der Waals surface area contributed by atoms with Crippen molar-refractivity contribution in [1.82, 2.24) is 9.97 Å². The summed E-state index contributed by atoms with van der Waals surface area (Å²) in [5.74, 6) is 0.126. The van der Waals surface area contributed by atoms with Gasteiger partial charge in [0.25, 0.3) is 0 Å². The Bertz CT molecular complexity index is 1620. The van der Waals surface area contributed by atoms with Gasteiger partial charge in [-0.2, -0.15) is 0 Å². The number of nitrogens with zero attached hydrogens (tertiary/aromatic N) is 2. The minimum absolute atomic E-state index is 0.0728. The molecular formula is C29H22F2N4O4. The minimum atomic E-state index is -0.728. The standard InChI is InChI=1S/C29H22F2N4O4/c1-37-26-14-22-25(15-27(26)38-16-18-5-3-2-4-6-18)32-17-33-28(22)39-21-11-12-24(23(31)13-21)35-29(36)34-20-9-7-19(30)8-10-20/h2-15,17H,16H2,1H3,(H2,34,35,36). The van der Waals surface area contributed by atoms with Gasteiger partial charge in [0.1, 0.15) is 30.3 Å². The molecule has 0 radical (unpaired) electrons. The fraction of sp³-hybridized carbons (Fsp3) is 0.0690. The molecule has 2 N–H and O–H groups in total. The van der Waals surface area contributed by atoms with Crippen LogP contribution in [0.3, 0.4) is 0 Å². The van der Waals surface area contributed by atoms with Crippen LogP contribution >= 0.6 is 0 Å². The third-order valence-electron chi connectivity index (χ3n) is 5.63. The lowest BCUT2D eigenvalue weighted by Crippen LogP contribution is -2.20. The largest absolute Gasteiger partial charge is 0.493 e. The first kappa shape index (κ1) is 25.4. The molecule has 0 saturated carbocycles. The summed E-state index contributed by atoms with van der Waals surface area (Å²) in [7, 11) is 1.52. The molecule has 2 amide bonds. The average Bonchev–Trinajstić information content (AvgIpc) is 2.95. The van der Waals surface area contributed by atoms with E-state index in [1.807, 2.05) is 30.3 Å². The number of carbonyl (C=O) groups is 1. The van der Waals surface area contributed by atoms with E-state index in [9.17, 15) is 13.6 Å². The number of aromatic nitrogens is 2. The predicted octanol–water partition coefficient (Wildman–Crippen LogP) is 6.93. The third kappa shape index (κ3) is 6.19. The Morgan fingerprint density at radius 3 is 2.41 bits per heavy atom. The summed E-state index contributed by atoms with van der Waals surface area (Å²) in [5.41, 5.74) is 1.82. The van der Waals surface area contributed by atoms with Crippen molar-refractivity contribution in [2.24, 2.45) is 0 Å². The van der Waals surface area contributed by atoms with Crippen LogP contribution in [0.1, 0.15) is 5.56 Å². The number of carbonyl (C=O) groups excluding carboxylic acids is 1. The summed E-state index contributed by atoms with van der Waals surface area (Å²) in [4.78, 5) is 20.7. The van der Waals surface area contributed by atoms with E-state index in [0.29, 0.717) is 34.7 Å². The van der Waals surface area contributed by atoms with Crippen LogP contribution in [0, 0.1) is 11.6 Å². The molecule has 0 aliphatic carbocycles. The zero-order chi connectivity index (χ0) is 27.2. The predicted molar refractivity (Wildman–Crippen MR) is 142 cm³/mol. The second kappa shape index (κ2) is 11.4. The van der Waals surface area contributed by atoms with Gasteiger partial charge < -0.3 is 24.8 Å². The van der Waals surface area contributed by atoms with Crippen molar-refractivity contribution in [1.29, 1.82) is 0 Å². The van der Waals surface area contributed by atoms with Gasteiger partial charge in [0.05, 0.1) is 23.7 Å². The van der Waals surface area contributed by atoms with Crippen LogP contribution in [0.4, 0.5) is 25.0 Å². The van der Waals surface area contributed by atoms with Crippen LogP contribution < -0.4 is 24.8 Å². The van der Waals surface area contributed by atoms with E-state index < -0.39 is 17.7 Å². The lowest BCUT2D eigenvalue weighted by molar-refractivity contribution is 0.262. The summed E-state index contributed by atoms with van der Waals surface area (Å²) < 4.78 is 45.1. The lowest BCUT2D eigenvalue weighted by atomic mass is 10.2. The maximum absolute atomic E-state index is 14.8. The van der Waals surface area contributed by atoms with E-state index in [4.69, 9.17) is 14.2 Å². The Morgan fingerprint density at radius 2 is 1.67 bits per heavy atom. The second-order valence-corrected chi connectivity index (χ2v) is 8.30. The quantitative estimate of drug-likeness (QED) is 0.227. The maximum Gasteiger partial charge on any atom is 0.323 e. The summed E-state index contributed by atoms with van der Waals surface area (Å²) in [6, 6.07) is 21.6. The van der Waals surface area contributed by atoms with Gasteiger partial charge in [0, 0.05) is 17.8 Å². The van der Waals surface area contributed by atoms with E-state index >= 15 is 0 Å². The van der Waals surface area contributed by atoms with Crippen molar-refractivity contribution < 1.29 is 27.8 Å². The highest BCUT2D eigenvalue weighted by Gasteiger charge is 2.15. The third-order valence-corrected chi connectivity index (χ3v) is 5.63. The average molecular weight is 529 g/mol. The normalized spacial score (nSPS) is 10.6. The molecule has 4 aromatic carbocycles. The monoisotopic (exact) mass is 528 g/mol. The van der Waals surface area contributed by atoms with Crippen molar-refractivity contribution in [3.8, 4) is 23.1 Å². The van der Waals surface area contributed by atoms with Gasteiger partial charge in [0.15, 0.2) is 11.5 Å². The highest BCUT2D eigenvalue weighted by Crippen LogP contribution is 2.36. The first-order valence-corrected chi connectivity index (χ1v) is 11.8. The van der Waals surface area contributed by atoms with E-state index in [-0.39, 0.29) is 17.3 Å². The molecule has 1 aromatic heterocycles. The van der Waals surface area contributed by atoms with Gasteiger partial charge in [-0.25, -0.2) is 23.5 Å². The number of benzene rings is 4. The molecule has 0 atom stereocenters. The van der Waals surface area contributed by atoms with Crippen LogP contribution in [0.25, 0.3) is 10.9 Å². The molecule has 0 unspecified atom stereocenters. The highest BCUT2D eigenvalue weighted by molar-refractivity contribution is 5.99. The zero-order valence-electron chi connectivity index (χ0n) is 20.7. The molecule has 0 spiro atoms. The van der Waals surface area contributed by atoms with Gasteiger partial charge >= 0.3 is 6.03 Å². The van der Waals surface area contributed by atoms with Crippen LogP contribution in [0.2, 0.25) is 0 Å². The van der Waals surface area contributed by atoms with Crippen molar-refractivity contribution >= 4 is 28.3 Å². The Kier molecular flexibility index (Phi) is 7.44. The molecule has 0 fully saturated rings. The number of nitrogens with one attached hydrogen (secondary N) is 2. The number of halogens is 2. The Morgan fingerprint density at radius 1 is 0.872 bits per heavy atom. The molecule has 0 bridgehead atoms. The first-order valence-electron chi connectivity index (χ1n) is 11.8. The SMILES string of the molecule is COc1cc2c(Oc3ccc(NC(=O)Nc4ccc(F)cc4)c(F)c3)ncnc2cc1OCc1ccccc1. The maximum atomic E-state index is 14.8. The van der Waals surface area contributed by atoms with Gasteiger partial charge in [-0.3, -0.25) is 0 Å². The minimum Gasteiger partial charge on any atom is -0.493 e. The van der Waals surface area contributed by atoms with Crippen molar-refractivity contribution in [2.45, 2.75) is 6.61 Å². The van der Waals surface area contributed by atoms with Gasteiger partial charge in [-0.1, -0.05) is 30.3 Å². The fourth-order valence-electron chi connectivity index (χ4n) is 3.72. The van der Waals surface area contributed by atoms with Crippen molar-refractivity contribution in [3.63, 3.8) is 0 Å². The number of urea groups is 1. The number of ether oxygens (including phenoxy) is 3. The number of hydrogen-bond donors (Lipinski definition) is 2. The van der Waals surface area contributed by atoms with Crippen LogP contribution in [0.5, 0.6) is 23.1 Å². The molecule has 39 heavy (non-hydrogen) atoms. The number of amides is 2. The molecule has 5 aromatic rings. The Hall–Kier alpha value is -5.25. The Balaban J connectivity index is 1.31. The topological polar surface area (TPSA) is 94.6 Å². The van der Waals surface area contributed by atoms with Crippen LogP contribution in [-0.4, -0.2) is 23.1 Å². The summed E-state index contributed by atoms with van der Waals surface area (Å²) in [5, 5.41) is 5.44. The van der Waals surface area contributed by atoms with E-state index in [1.165, 1.54) is 49.8 Å². The number of methoxy groups -OCH3 is 1. The first-order chi connectivity index (χ1) is 19.0. The molecule has 0 aliphatic rings. The summed E-state index contributed by atoms with van der Waals surface area (Å²) in [6.07, 6.45) is 1.33. The molecule has 5 rings (SSSR count). The van der Waals surface area contributed by atoms with Gasteiger partial charge in [-0.05, 0) is 48.0 Å². The molecular weight excluding hydrogens is 506 g/mol. The summed E-state index contributed by atoms with van der Waals surface area (Å²) >= 11 is 0. The van der Waals surface area contributed by atoms with Crippen LogP contribution in [0.15, 0.2) is 91.3 Å². The number of rotatable bonds is 8. The number of anilines is 2. The van der Waals surface area contributed by atoms with E-state index in [0.717, 1.165) is 11.6 Å². The summed E-state index contributed by atoms with van der Waals surface area (Å²) in [6.45, 7) is 0.346. The van der Waals surface area contributed by atoms with Gasteiger partial charge in [-0.15, -0.1) is 0 Å². The second-order valence-electron chi connectivity index (χ2n) is 8.30. The van der Waals surface area contributed by atoms with Gasteiger partial charge in [0.2, 0.25) is 5.88 Å². The molecule has 0 saturated heterocycles. The van der Waals surface area contributed by atoms with E-state index in [1.54, 1.807) is 12.1 Å². The van der Waals surface area contributed by atoms with Crippen LogP contribution in [-0.2, 0) is 6.61 Å². The molecule has 8 nitrogen and oxygen atoms in total. The van der Waals surface area contributed by atoms with E-state index in [2.05, 4.69) is 20.6 Å². The number of fused-ring (bicyclic) bond motifs is 1. The highest BCUT2D eigenvalue weighted by atomic mass is 19.1. The van der Waals surface area contributed by atoms with Crippen molar-refractivity contribution in [2.75, 3.05) is 17.7 Å². The smallest absolute Gasteiger partial charge is 0.323 e. The molecule has 0 aliphatic heterocycles.